The molecule has 0 aromatic carbocycles. The van der Waals surface area contributed by atoms with Gasteiger partial charge in [-0.05, 0) is 50.4 Å². The van der Waals surface area contributed by atoms with Crippen LogP contribution in [0.1, 0.15) is 39.5 Å². The Bertz CT molecular complexity index is 211. The standard InChI is InChI=1S/C12H21N/c1-3-8(2)13-7-11-9-4-5-10(6-9)12(11)13/h8-12H,3-7H2,1-2H3. The molecule has 0 aromatic heterocycles. The number of nitrogens with zero attached hydrogens (tertiary/aromatic N) is 1. The summed E-state index contributed by atoms with van der Waals surface area (Å²) < 4.78 is 0. The zero-order chi connectivity index (χ0) is 9.00. The van der Waals surface area contributed by atoms with E-state index < -0.39 is 0 Å². The van der Waals surface area contributed by atoms with Gasteiger partial charge in [0.2, 0.25) is 0 Å². The average Bonchev–Trinajstić information content (AvgIpc) is 2.59. The van der Waals surface area contributed by atoms with Crippen molar-refractivity contribution in [2.24, 2.45) is 17.8 Å². The second-order valence-electron chi connectivity index (χ2n) is 5.44. The third kappa shape index (κ3) is 0.971. The van der Waals surface area contributed by atoms with Crippen LogP contribution in [-0.4, -0.2) is 23.5 Å². The lowest BCUT2D eigenvalue weighted by molar-refractivity contribution is -0.0495. The predicted octanol–water partition coefficient (Wildman–Crippen LogP) is 2.52. The van der Waals surface area contributed by atoms with Gasteiger partial charge in [-0.2, -0.15) is 0 Å². The SMILES string of the molecule is CCC(C)N1CC2C3CCC(C3)C21. The summed E-state index contributed by atoms with van der Waals surface area (Å²) in [6.45, 7) is 6.16. The van der Waals surface area contributed by atoms with Crippen molar-refractivity contribution in [1.82, 2.24) is 4.90 Å². The van der Waals surface area contributed by atoms with E-state index in [1.54, 1.807) is 19.3 Å². The molecule has 1 aliphatic heterocycles. The molecule has 74 valence electrons. The summed E-state index contributed by atoms with van der Waals surface area (Å²) in [4.78, 5) is 2.79. The van der Waals surface area contributed by atoms with Crippen LogP contribution in [-0.2, 0) is 0 Å². The first kappa shape index (κ1) is 8.28. The van der Waals surface area contributed by atoms with Crippen molar-refractivity contribution in [1.29, 1.82) is 0 Å². The van der Waals surface area contributed by atoms with Crippen molar-refractivity contribution in [3.63, 3.8) is 0 Å². The van der Waals surface area contributed by atoms with Crippen LogP contribution in [0.3, 0.4) is 0 Å². The van der Waals surface area contributed by atoms with E-state index in [0.29, 0.717) is 0 Å². The topological polar surface area (TPSA) is 3.24 Å². The second-order valence-corrected chi connectivity index (χ2v) is 5.44. The fourth-order valence-corrected chi connectivity index (χ4v) is 4.09. The van der Waals surface area contributed by atoms with E-state index in [2.05, 4.69) is 18.7 Å². The fraction of sp³-hybridized carbons (Fsp3) is 1.00. The van der Waals surface area contributed by atoms with Crippen LogP contribution in [0, 0.1) is 17.8 Å². The van der Waals surface area contributed by atoms with Gasteiger partial charge in [0, 0.05) is 18.6 Å². The van der Waals surface area contributed by atoms with Crippen LogP contribution in [0.2, 0.25) is 0 Å². The highest BCUT2D eigenvalue weighted by molar-refractivity contribution is 5.09. The van der Waals surface area contributed by atoms with Gasteiger partial charge in [-0.15, -0.1) is 0 Å². The van der Waals surface area contributed by atoms with Crippen molar-refractivity contribution < 1.29 is 0 Å². The molecule has 0 N–H and O–H groups in total. The van der Waals surface area contributed by atoms with E-state index in [0.717, 1.165) is 29.8 Å². The lowest BCUT2D eigenvalue weighted by Crippen LogP contribution is -2.61. The van der Waals surface area contributed by atoms with Crippen LogP contribution < -0.4 is 0 Å². The van der Waals surface area contributed by atoms with Crippen LogP contribution in [0.5, 0.6) is 0 Å². The summed E-state index contributed by atoms with van der Waals surface area (Å²) >= 11 is 0. The predicted molar refractivity (Wildman–Crippen MR) is 54.6 cm³/mol. The summed E-state index contributed by atoms with van der Waals surface area (Å²) in [5.74, 6) is 3.35. The molecule has 5 unspecified atom stereocenters. The van der Waals surface area contributed by atoms with E-state index >= 15 is 0 Å². The van der Waals surface area contributed by atoms with Crippen LogP contribution in [0.25, 0.3) is 0 Å². The summed E-state index contributed by atoms with van der Waals surface area (Å²) in [7, 11) is 0. The molecule has 2 bridgehead atoms. The minimum atomic E-state index is 0.848. The van der Waals surface area contributed by atoms with E-state index in [1.807, 2.05) is 0 Å². The molecule has 1 nitrogen and oxygen atoms in total. The molecule has 0 radical (unpaired) electrons. The number of likely N-dealkylation sites (tertiary alicyclic amines) is 1. The molecule has 2 saturated carbocycles. The summed E-state index contributed by atoms with van der Waals surface area (Å²) in [5.41, 5.74) is 0. The Morgan fingerprint density at radius 1 is 1.31 bits per heavy atom. The van der Waals surface area contributed by atoms with Crippen molar-refractivity contribution in [3.8, 4) is 0 Å². The van der Waals surface area contributed by atoms with Gasteiger partial charge < -0.3 is 0 Å². The molecule has 5 atom stereocenters. The quantitative estimate of drug-likeness (QED) is 0.629. The van der Waals surface area contributed by atoms with Crippen molar-refractivity contribution in [2.45, 2.75) is 51.6 Å². The highest BCUT2D eigenvalue weighted by Gasteiger charge is 2.56. The Labute approximate surface area is 81.5 Å². The molecule has 0 aromatic rings. The number of fused-ring (bicyclic) bond motifs is 5. The lowest BCUT2D eigenvalue weighted by atomic mass is 9.76. The van der Waals surface area contributed by atoms with Gasteiger partial charge >= 0.3 is 0 Å². The normalized spacial score (nSPS) is 50.3. The van der Waals surface area contributed by atoms with Gasteiger partial charge in [0.15, 0.2) is 0 Å². The summed E-state index contributed by atoms with van der Waals surface area (Å²) in [6, 6.07) is 1.87. The van der Waals surface area contributed by atoms with E-state index in [4.69, 9.17) is 0 Å². The minimum Gasteiger partial charge on any atom is -0.297 e. The maximum atomic E-state index is 2.79. The molecule has 1 heteroatoms. The van der Waals surface area contributed by atoms with E-state index in [-0.39, 0.29) is 0 Å². The zero-order valence-corrected chi connectivity index (χ0v) is 8.87. The third-order valence-electron chi connectivity index (χ3n) is 5.00. The molecular weight excluding hydrogens is 158 g/mol. The molecule has 3 rings (SSSR count). The molecule has 13 heavy (non-hydrogen) atoms. The first-order valence-corrected chi connectivity index (χ1v) is 6.07. The van der Waals surface area contributed by atoms with Crippen LogP contribution >= 0.6 is 0 Å². The van der Waals surface area contributed by atoms with E-state index in [9.17, 15) is 0 Å². The smallest absolute Gasteiger partial charge is 0.0170 e. The highest BCUT2D eigenvalue weighted by Crippen LogP contribution is 2.56. The fourth-order valence-electron chi connectivity index (χ4n) is 4.09. The molecule has 0 spiro atoms. The van der Waals surface area contributed by atoms with Crippen molar-refractivity contribution in [3.05, 3.63) is 0 Å². The van der Waals surface area contributed by atoms with Gasteiger partial charge in [0.05, 0.1) is 0 Å². The monoisotopic (exact) mass is 179 g/mol. The summed E-state index contributed by atoms with van der Waals surface area (Å²) in [5, 5.41) is 0. The van der Waals surface area contributed by atoms with Gasteiger partial charge in [-0.1, -0.05) is 6.92 Å². The highest BCUT2D eigenvalue weighted by atomic mass is 15.3. The lowest BCUT2D eigenvalue weighted by Gasteiger charge is -2.53. The van der Waals surface area contributed by atoms with Crippen LogP contribution in [0.15, 0.2) is 0 Å². The van der Waals surface area contributed by atoms with Gasteiger partial charge in [0.25, 0.3) is 0 Å². The van der Waals surface area contributed by atoms with Gasteiger partial charge in [0.1, 0.15) is 0 Å². The van der Waals surface area contributed by atoms with Gasteiger partial charge in [-0.3, -0.25) is 4.90 Å². The number of rotatable bonds is 2. The average molecular weight is 179 g/mol. The number of hydrogen-bond donors (Lipinski definition) is 0. The van der Waals surface area contributed by atoms with Gasteiger partial charge in [-0.25, -0.2) is 0 Å². The first-order valence-electron chi connectivity index (χ1n) is 6.07. The maximum absolute atomic E-state index is 2.79. The molecule has 0 amide bonds. The largest absolute Gasteiger partial charge is 0.297 e. The Kier molecular flexibility index (Phi) is 1.74. The molecule has 2 aliphatic carbocycles. The molecule has 1 saturated heterocycles. The molecule has 3 aliphatic rings. The van der Waals surface area contributed by atoms with Crippen molar-refractivity contribution >= 4 is 0 Å². The van der Waals surface area contributed by atoms with E-state index in [1.165, 1.54) is 13.0 Å². The zero-order valence-electron chi connectivity index (χ0n) is 8.87. The van der Waals surface area contributed by atoms with Crippen molar-refractivity contribution in [2.75, 3.05) is 6.54 Å². The Morgan fingerprint density at radius 3 is 2.77 bits per heavy atom. The Hall–Kier alpha value is -0.0400. The number of hydrogen-bond acceptors (Lipinski definition) is 1. The minimum absolute atomic E-state index is 0.848. The second kappa shape index (κ2) is 2.73. The molecular formula is C12H21N. The molecule has 3 fully saturated rings. The Morgan fingerprint density at radius 2 is 2.08 bits per heavy atom. The molecule has 1 heterocycles. The maximum Gasteiger partial charge on any atom is 0.0170 e. The first-order chi connectivity index (χ1) is 6.31. The Balaban J connectivity index is 1.72. The third-order valence-corrected chi connectivity index (χ3v) is 5.00. The van der Waals surface area contributed by atoms with Crippen LogP contribution in [0.4, 0.5) is 0 Å². The summed E-state index contributed by atoms with van der Waals surface area (Å²) in [6.07, 6.45) is 6.00.